The van der Waals surface area contributed by atoms with Crippen molar-refractivity contribution in [1.29, 1.82) is 0 Å². The Labute approximate surface area is 112 Å². The molecule has 1 aromatic rings. The lowest BCUT2D eigenvalue weighted by Gasteiger charge is -2.14. The maximum Gasteiger partial charge on any atom is 0.308 e. The highest BCUT2D eigenvalue weighted by Gasteiger charge is 2.17. The summed E-state index contributed by atoms with van der Waals surface area (Å²) in [5.41, 5.74) is 0.862. The molecule has 0 aliphatic rings. The zero-order valence-corrected chi connectivity index (χ0v) is 11.3. The summed E-state index contributed by atoms with van der Waals surface area (Å²) in [6, 6.07) is 7.23. The predicted molar refractivity (Wildman–Crippen MR) is 71.2 cm³/mol. The molecule has 104 valence electrons. The molecule has 0 aliphatic carbocycles. The lowest BCUT2D eigenvalue weighted by atomic mass is 10.00. The number of nitrogens with one attached hydrogen (secondary N) is 1. The number of hydrogen-bond donors (Lipinski definition) is 2. The minimum Gasteiger partial charge on any atom is -0.497 e. The number of aliphatic carboxylic acids is 1. The Morgan fingerprint density at radius 3 is 2.32 bits per heavy atom. The first-order valence-corrected chi connectivity index (χ1v) is 6.10. The number of benzene rings is 1. The summed E-state index contributed by atoms with van der Waals surface area (Å²) in [7, 11) is 1.58. The van der Waals surface area contributed by atoms with Crippen molar-refractivity contribution in [3.8, 4) is 5.75 Å². The molecule has 1 amide bonds. The van der Waals surface area contributed by atoms with E-state index in [9.17, 15) is 9.59 Å². The van der Waals surface area contributed by atoms with Gasteiger partial charge in [-0.3, -0.25) is 9.59 Å². The van der Waals surface area contributed by atoms with E-state index in [4.69, 9.17) is 9.84 Å². The highest BCUT2D eigenvalue weighted by Crippen LogP contribution is 2.19. The van der Waals surface area contributed by atoms with E-state index in [1.54, 1.807) is 33.1 Å². The molecule has 0 radical (unpaired) electrons. The number of carboxylic acids is 1. The number of carbonyl (C=O) groups is 2. The van der Waals surface area contributed by atoms with Gasteiger partial charge in [0.1, 0.15) is 5.75 Å². The van der Waals surface area contributed by atoms with E-state index in [1.165, 1.54) is 0 Å². The van der Waals surface area contributed by atoms with Gasteiger partial charge in [-0.15, -0.1) is 0 Å². The van der Waals surface area contributed by atoms with Gasteiger partial charge < -0.3 is 15.2 Å². The van der Waals surface area contributed by atoms with Crippen LogP contribution in [0.2, 0.25) is 0 Å². The number of ether oxygens (including phenoxy) is 1. The van der Waals surface area contributed by atoms with Gasteiger partial charge in [0.25, 0.3) is 0 Å². The summed E-state index contributed by atoms with van der Waals surface area (Å²) in [6.07, 6.45) is 0. The second-order valence-electron chi connectivity index (χ2n) is 4.48. The summed E-state index contributed by atoms with van der Waals surface area (Å²) in [5.74, 6) is -1.29. The van der Waals surface area contributed by atoms with Crippen molar-refractivity contribution in [3.05, 3.63) is 29.8 Å². The van der Waals surface area contributed by atoms with Gasteiger partial charge in [-0.2, -0.15) is 0 Å². The van der Waals surface area contributed by atoms with Crippen LogP contribution in [-0.4, -0.2) is 30.6 Å². The minimum absolute atomic E-state index is 0.134. The maximum atomic E-state index is 11.9. The van der Waals surface area contributed by atoms with Crippen LogP contribution in [0.1, 0.15) is 25.3 Å². The Bertz CT molecular complexity index is 441. The smallest absolute Gasteiger partial charge is 0.308 e. The van der Waals surface area contributed by atoms with Crippen LogP contribution in [0.5, 0.6) is 5.75 Å². The normalized spacial score (nSPS) is 13.4. The summed E-state index contributed by atoms with van der Waals surface area (Å²) in [6.45, 7) is 3.47. The van der Waals surface area contributed by atoms with Gasteiger partial charge in [0, 0.05) is 6.54 Å². The fourth-order valence-corrected chi connectivity index (χ4v) is 1.54. The molecule has 2 N–H and O–H groups in total. The number of rotatable bonds is 6. The standard InChI is InChI=1S/C14H19NO4/c1-9(14(17)18)8-15-13(16)10(2)11-4-6-12(19-3)7-5-11/h4-7,9-10H,8H2,1-3H3,(H,15,16)(H,17,18). The second-order valence-corrected chi connectivity index (χ2v) is 4.48. The molecule has 2 atom stereocenters. The predicted octanol–water partition coefficient (Wildman–Crippen LogP) is 1.64. The van der Waals surface area contributed by atoms with E-state index in [0.29, 0.717) is 0 Å². The highest BCUT2D eigenvalue weighted by atomic mass is 16.5. The highest BCUT2D eigenvalue weighted by molar-refractivity contribution is 5.83. The topological polar surface area (TPSA) is 75.6 Å². The van der Waals surface area contributed by atoms with Gasteiger partial charge in [0.2, 0.25) is 5.91 Å². The van der Waals surface area contributed by atoms with E-state index in [-0.39, 0.29) is 18.4 Å². The molecule has 1 rings (SSSR count). The van der Waals surface area contributed by atoms with Gasteiger partial charge in [0.05, 0.1) is 18.9 Å². The van der Waals surface area contributed by atoms with Crippen LogP contribution in [0.3, 0.4) is 0 Å². The summed E-state index contributed by atoms with van der Waals surface area (Å²) < 4.78 is 5.05. The third-order valence-corrected chi connectivity index (χ3v) is 3.01. The van der Waals surface area contributed by atoms with E-state index >= 15 is 0 Å². The Morgan fingerprint density at radius 1 is 1.26 bits per heavy atom. The minimum atomic E-state index is -0.919. The van der Waals surface area contributed by atoms with Crippen LogP contribution in [0.4, 0.5) is 0 Å². The van der Waals surface area contributed by atoms with Crippen LogP contribution in [0.25, 0.3) is 0 Å². The van der Waals surface area contributed by atoms with E-state index < -0.39 is 11.9 Å². The number of hydrogen-bond acceptors (Lipinski definition) is 3. The molecular formula is C14H19NO4. The number of methoxy groups -OCH3 is 1. The number of amides is 1. The monoisotopic (exact) mass is 265 g/mol. The van der Waals surface area contributed by atoms with Gasteiger partial charge >= 0.3 is 5.97 Å². The quantitative estimate of drug-likeness (QED) is 0.819. The number of carboxylic acid groups (broad SMARTS) is 1. The lowest BCUT2D eigenvalue weighted by Crippen LogP contribution is -2.34. The first-order valence-electron chi connectivity index (χ1n) is 6.10. The molecule has 5 heteroatoms. The Hall–Kier alpha value is -2.04. The van der Waals surface area contributed by atoms with Crippen LogP contribution >= 0.6 is 0 Å². The third kappa shape index (κ3) is 4.28. The van der Waals surface area contributed by atoms with Crippen LogP contribution in [0, 0.1) is 5.92 Å². The fourth-order valence-electron chi connectivity index (χ4n) is 1.54. The van der Waals surface area contributed by atoms with Crippen molar-refractivity contribution in [2.75, 3.05) is 13.7 Å². The van der Waals surface area contributed by atoms with Crippen molar-refractivity contribution in [1.82, 2.24) is 5.32 Å². The molecular weight excluding hydrogens is 246 g/mol. The summed E-state index contributed by atoms with van der Waals surface area (Å²) >= 11 is 0. The molecule has 19 heavy (non-hydrogen) atoms. The molecule has 0 heterocycles. The Morgan fingerprint density at radius 2 is 1.84 bits per heavy atom. The molecule has 1 aromatic carbocycles. The van der Waals surface area contributed by atoms with Crippen LogP contribution in [0.15, 0.2) is 24.3 Å². The van der Waals surface area contributed by atoms with Crippen molar-refractivity contribution in [2.24, 2.45) is 5.92 Å². The Kier molecular flexibility index (Phi) is 5.36. The van der Waals surface area contributed by atoms with Gasteiger partial charge in [-0.25, -0.2) is 0 Å². The zero-order valence-electron chi connectivity index (χ0n) is 11.3. The first-order chi connectivity index (χ1) is 8.95. The van der Waals surface area contributed by atoms with E-state index in [1.807, 2.05) is 12.1 Å². The zero-order chi connectivity index (χ0) is 14.4. The van der Waals surface area contributed by atoms with Gasteiger partial charge in [-0.05, 0) is 24.6 Å². The molecule has 0 fully saturated rings. The number of carbonyl (C=O) groups excluding carboxylic acids is 1. The van der Waals surface area contributed by atoms with Crippen molar-refractivity contribution < 1.29 is 19.4 Å². The van der Waals surface area contributed by atoms with Gasteiger partial charge in [0.15, 0.2) is 0 Å². The average molecular weight is 265 g/mol. The second kappa shape index (κ2) is 6.78. The molecule has 0 saturated heterocycles. The van der Waals surface area contributed by atoms with E-state index in [2.05, 4.69) is 5.32 Å². The molecule has 0 bridgehead atoms. The molecule has 5 nitrogen and oxygen atoms in total. The molecule has 0 saturated carbocycles. The summed E-state index contributed by atoms with van der Waals surface area (Å²) in [4.78, 5) is 22.5. The maximum absolute atomic E-state index is 11.9. The summed E-state index contributed by atoms with van der Waals surface area (Å²) in [5, 5.41) is 11.4. The van der Waals surface area contributed by atoms with E-state index in [0.717, 1.165) is 11.3 Å². The Balaban J connectivity index is 2.58. The van der Waals surface area contributed by atoms with Crippen LogP contribution in [-0.2, 0) is 9.59 Å². The average Bonchev–Trinajstić information content (AvgIpc) is 2.43. The van der Waals surface area contributed by atoms with Crippen molar-refractivity contribution in [2.45, 2.75) is 19.8 Å². The van der Waals surface area contributed by atoms with Crippen LogP contribution < -0.4 is 10.1 Å². The molecule has 0 aliphatic heterocycles. The fraction of sp³-hybridized carbons (Fsp3) is 0.429. The first kappa shape index (κ1) is 15.0. The lowest BCUT2D eigenvalue weighted by molar-refractivity contribution is -0.141. The van der Waals surface area contributed by atoms with Crippen molar-refractivity contribution in [3.63, 3.8) is 0 Å². The SMILES string of the molecule is COc1ccc(C(C)C(=O)NCC(C)C(=O)O)cc1. The molecule has 2 unspecified atom stereocenters. The van der Waals surface area contributed by atoms with Crippen molar-refractivity contribution >= 4 is 11.9 Å². The van der Waals surface area contributed by atoms with Gasteiger partial charge in [-0.1, -0.05) is 19.1 Å². The molecule has 0 aromatic heterocycles. The third-order valence-electron chi connectivity index (χ3n) is 3.01. The molecule has 0 spiro atoms. The largest absolute Gasteiger partial charge is 0.497 e.